The summed E-state index contributed by atoms with van der Waals surface area (Å²) >= 11 is 0. The summed E-state index contributed by atoms with van der Waals surface area (Å²) in [5.74, 6) is 2.15. The zero-order valence-corrected chi connectivity index (χ0v) is 18.6. The van der Waals surface area contributed by atoms with Crippen LogP contribution in [0.3, 0.4) is 0 Å². The number of hydrogen-bond donors (Lipinski definition) is 0. The molecule has 0 unspecified atom stereocenters. The van der Waals surface area contributed by atoms with E-state index >= 15 is 0 Å². The zero-order valence-electron chi connectivity index (χ0n) is 18.6. The minimum absolute atomic E-state index is 0.118. The minimum atomic E-state index is -0.118. The Hall–Kier alpha value is -3.73. The quantitative estimate of drug-likeness (QED) is 0.428. The largest absolute Gasteiger partial charge is 0.497 e. The Morgan fingerprint density at radius 3 is 2.44 bits per heavy atom. The van der Waals surface area contributed by atoms with E-state index in [0.717, 1.165) is 35.7 Å². The van der Waals surface area contributed by atoms with Crippen molar-refractivity contribution < 1.29 is 19.0 Å². The summed E-state index contributed by atoms with van der Waals surface area (Å²) in [5.41, 5.74) is 3.63. The Bertz CT molecular complexity index is 1130. The summed E-state index contributed by atoms with van der Waals surface area (Å²) in [4.78, 5) is 15.0. The van der Waals surface area contributed by atoms with E-state index in [9.17, 15) is 4.79 Å². The van der Waals surface area contributed by atoms with Crippen molar-refractivity contribution in [1.82, 2.24) is 0 Å². The lowest BCUT2D eigenvalue weighted by Crippen LogP contribution is -2.21. The molecule has 32 heavy (non-hydrogen) atoms. The fourth-order valence-electron chi connectivity index (χ4n) is 3.71. The molecular formula is C27H27NO4. The highest BCUT2D eigenvalue weighted by molar-refractivity contribution is 6.14. The van der Waals surface area contributed by atoms with Crippen molar-refractivity contribution in [3.05, 3.63) is 89.2 Å². The molecule has 1 aliphatic rings. The first kappa shape index (κ1) is 21.5. The fourth-order valence-corrected chi connectivity index (χ4v) is 3.71. The number of benzene rings is 3. The molecule has 1 aliphatic heterocycles. The standard InChI is InChI=1S/C27H27NO4/c1-4-28(5-2)21-11-9-19(10-12-21)16-26-27(29)24-14-13-23(17-25(24)32-26)31-18-20-7-6-8-22(15-20)30-3/h6-17H,4-5,18H2,1-3H3/b26-16-. The highest BCUT2D eigenvalue weighted by atomic mass is 16.5. The van der Waals surface area contributed by atoms with Crippen LogP contribution in [-0.2, 0) is 6.61 Å². The molecule has 5 nitrogen and oxygen atoms in total. The van der Waals surface area contributed by atoms with Crippen molar-refractivity contribution in [2.75, 3.05) is 25.1 Å². The number of Topliss-reactive ketones (excluding diaryl/α,β-unsaturated/α-hetero) is 1. The number of methoxy groups -OCH3 is 1. The lowest BCUT2D eigenvalue weighted by atomic mass is 10.1. The molecule has 0 radical (unpaired) electrons. The minimum Gasteiger partial charge on any atom is -0.497 e. The summed E-state index contributed by atoms with van der Waals surface area (Å²) in [5, 5.41) is 0. The van der Waals surface area contributed by atoms with Crippen LogP contribution in [0.5, 0.6) is 17.2 Å². The SMILES string of the molecule is CCN(CC)c1ccc(/C=C2\Oc3cc(OCc4cccc(OC)c4)ccc3C2=O)cc1. The van der Waals surface area contributed by atoms with Gasteiger partial charge in [0.25, 0.3) is 0 Å². The molecule has 0 aromatic heterocycles. The van der Waals surface area contributed by atoms with Gasteiger partial charge in [0.1, 0.15) is 23.9 Å². The van der Waals surface area contributed by atoms with E-state index in [1.807, 2.05) is 36.4 Å². The first-order chi connectivity index (χ1) is 15.6. The highest BCUT2D eigenvalue weighted by Crippen LogP contribution is 2.35. The van der Waals surface area contributed by atoms with Crippen LogP contribution in [0.25, 0.3) is 6.08 Å². The molecule has 0 spiro atoms. The molecule has 0 amide bonds. The van der Waals surface area contributed by atoms with Crippen LogP contribution < -0.4 is 19.1 Å². The number of allylic oxidation sites excluding steroid dienone is 1. The Morgan fingerprint density at radius 2 is 1.72 bits per heavy atom. The first-order valence-corrected chi connectivity index (χ1v) is 10.8. The van der Waals surface area contributed by atoms with Gasteiger partial charge in [0, 0.05) is 24.8 Å². The molecule has 4 rings (SSSR count). The van der Waals surface area contributed by atoms with Gasteiger partial charge in [-0.25, -0.2) is 0 Å². The predicted octanol–water partition coefficient (Wildman–Crippen LogP) is 5.74. The lowest BCUT2D eigenvalue weighted by Gasteiger charge is -2.20. The van der Waals surface area contributed by atoms with Crippen LogP contribution in [0.1, 0.15) is 35.3 Å². The molecule has 1 heterocycles. The van der Waals surface area contributed by atoms with Gasteiger partial charge in [0.15, 0.2) is 5.76 Å². The van der Waals surface area contributed by atoms with E-state index in [1.54, 1.807) is 31.4 Å². The van der Waals surface area contributed by atoms with E-state index < -0.39 is 0 Å². The summed E-state index contributed by atoms with van der Waals surface area (Å²) in [7, 11) is 1.64. The zero-order chi connectivity index (χ0) is 22.5. The first-order valence-electron chi connectivity index (χ1n) is 10.8. The van der Waals surface area contributed by atoms with Crippen molar-refractivity contribution in [2.24, 2.45) is 0 Å². The molecule has 0 aliphatic carbocycles. The van der Waals surface area contributed by atoms with Crippen molar-refractivity contribution in [2.45, 2.75) is 20.5 Å². The molecule has 0 N–H and O–H groups in total. The van der Waals surface area contributed by atoms with Gasteiger partial charge in [0.05, 0.1) is 12.7 Å². The second kappa shape index (κ2) is 9.60. The predicted molar refractivity (Wildman–Crippen MR) is 127 cm³/mol. The molecule has 5 heteroatoms. The molecule has 0 saturated carbocycles. The summed E-state index contributed by atoms with van der Waals surface area (Å²) in [6.07, 6.45) is 1.78. The van der Waals surface area contributed by atoms with Crippen LogP contribution in [-0.4, -0.2) is 26.0 Å². The summed E-state index contributed by atoms with van der Waals surface area (Å²) in [6, 6.07) is 21.2. The molecule has 164 valence electrons. The molecular weight excluding hydrogens is 402 g/mol. The average molecular weight is 430 g/mol. The number of ether oxygens (including phenoxy) is 3. The monoisotopic (exact) mass is 429 g/mol. The fraction of sp³-hybridized carbons (Fsp3) is 0.222. The van der Waals surface area contributed by atoms with Crippen LogP contribution in [0, 0.1) is 0 Å². The third-order valence-corrected chi connectivity index (χ3v) is 5.50. The van der Waals surface area contributed by atoms with Crippen LogP contribution in [0.2, 0.25) is 0 Å². The van der Waals surface area contributed by atoms with Gasteiger partial charge in [0.2, 0.25) is 5.78 Å². The third-order valence-electron chi connectivity index (χ3n) is 5.50. The Kier molecular flexibility index (Phi) is 6.45. The van der Waals surface area contributed by atoms with Crippen molar-refractivity contribution in [3.8, 4) is 17.2 Å². The number of anilines is 1. The molecule has 0 bridgehead atoms. The van der Waals surface area contributed by atoms with E-state index in [0.29, 0.717) is 29.4 Å². The van der Waals surface area contributed by atoms with Gasteiger partial charge in [-0.2, -0.15) is 0 Å². The number of carbonyl (C=O) groups excluding carboxylic acids is 1. The molecule has 0 saturated heterocycles. The van der Waals surface area contributed by atoms with Gasteiger partial charge < -0.3 is 19.1 Å². The van der Waals surface area contributed by atoms with E-state index in [4.69, 9.17) is 14.2 Å². The number of ketones is 1. The maximum Gasteiger partial charge on any atom is 0.231 e. The second-order valence-corrected chi connectivity index (χ2v) is 7.50. The van der Waals surface area contributed by atoms with E-state index in [-0.39, 0.29) is 5.78 Å². The Balaban J connectivity index is 1.46. The van der Waals surface area contributed by atoms with E-state index in [2.05, 4.69) is 30.9 Å². The molecule has 3 aromatic carbocycles. The Labute approximate surface area is 188 Å². The van der Waals surface area contributed by atoms with Crippen molar-refractivity contribution in [1.29, 1.82) is 0 Å². The second-order valence-electron chi connectivity index (χ2n) is 7.50. The molecule has 0 fully saturated rings. The van der Waals surface area contributed by atoms with Crippen molar-refractivity contribution >= 4 is 17.5 Å². The molecule has 3 aromatic rings. The number of rotatable bonds is 8. The van der Waals surface area contributed by atoms with E-state index in [1.165, 1.54) is 0 Å². The Morgan fingerprint density at radius 1 is 0.938 bits per heavy atom. The van der Waals surface area contributed by atoms with Gasteiger partial charge in [-0.1, -0.05) is 24.3 Å². The summed E-state index contributed by atoms with van der Waals surface area (Å²) < 4.78 is 17.0. The van der Waals surface area contributed by atoms with Gasteiger partial charge in [-0.3, -0.25) is 4.79 Å². The van der Waals surface area contributed by atoms with Crippen LogP contribution in [0.4, 0.5) is 5.69 Å². The van der Waals surface area contributed by atoms with Crippen LogP contribution >= 0.6 is 0 Å². The topological polar surface area (TPSA) is 48.0 Å². The lowest BCUT2D eigenvalue weighted by molar-refractivity contribution is 0.101. The van der Waals surface area contributed by atoms with Gasteiger partial charge in [-0.15, -0.1) is 0 Å². The summed E-state index contributed by atoms with van der Waals surface area (Å²) in [6.45, 7) is 6.57. The third kappa shape index (κ3) is 4.62. The van der Waals surface area contributed by atoms with Crippen LogP contribution in [0.15, 0.2) is 72.5 Å². The smallest absolute Gasteiger partial charge is 0.231 e. The number of hydrogen-bond acceptors (Lipinski definition) is 5. The normalized spacial score (nSPS) is 13.6. The maximum absolute atomic E-state index is 12.8. The highest BCUT2D eigenvalue weighted by Gasteiger charge is 2.27. The van der Waals surface area contributed by atoms with Gasteiger partial charge in [-0.05, 0) is 67.4 Å². The maximum atomic E-state index is 12.8. The average Bonchev–Trinajstić information content (AvgIpc) is 3.14. The number of nitrogens with zero attached hydrogens (tertiary/aromatic N) is 1. The number of carbonyl (C=O) groups is 1. The number of fused-ring (bicyclic) bond motifs is 1. The van der Waals surface area contributed by atoms with Crippen molar-refractivity contribution in [3.63, 3.8) is 0 Å². The van der Waals surface area contributed by atoms with Gasteiger partial charge >= 0.3 is 0 Å². The molecule has 0 atom stereocenters.